The van der Waals surface area contributed by atoms with Crippen LogP contribution in [0.4, 0.5) is 8.78 Å². The molecule has 1 unspecified atom stereocenters. The maximum Gasteiger partial charge on any atom is 0.139 e. The molecule has 1 fully saturated rings. The summed E-state index contributed by atoms with van der Waals surface area (Å²) in [4.78, 5) is 15.3. The Hall–Kier alpha value is -2.57. The Bertz CT molecular complexity index is 1040. The molecule has 0 amide bonds. The molecule has 1 aliphatic rings. The highest BCUT2D eigenvalue weighted by molar-refractivity contribution is 9.10. The third-order valence-electron chi connectivity index (χ3n) is 6.04. The first kappa shape index (κ1) is 22.6. The maximum atomic E-state index is 13.6. The predicted molar refractivity (Wildman–Crippen MR) is 124 cm³/mol. The lowest BCUT2D eigenvalue weighted by atomic mass is 9.76. The Kier molecular flexibility index (Phi) is 7.01. The van der Waals surface area contributed by atoms with Gasteiger partial charge < -0.3 is 4.74 Å². The van der Waals surface area contributed by atoms with Crippen LogP contribution in [-0.2, 0) is 11.3 Å². The summed E-state index contributed by atoms with van der Waals surface area (Å²) in [6.07, 6.45) is 0.430. The van der Waals surface area contributed by atoms with Crippen molar-refractivity contribution in [3.8, 4) is 5.75 Å². The van der Waals surface area contributed by atoms with E-state index in [1.807, 2.05) is 18.2 Å². The van der Waals surface area contributed by atoms with Gasteiger partial charge in [-0.15, -0.1) is 0 Å². The molecule has 0 saturated carbocycles. The highest BCUT2D eigenvalue weighted by atomic mass is 79.9. The van der Waals surface area contributed by atoms with Crippen molar-refractivity contribution in [3.63, 3.8) is 0 Å². The number of Topliss-reactive ketones (excluding diaryl/α,β-unsaturated/α-hetero) is 1. The van der Waals surface area contributed by atoms with Crippen LogP contribution in [0.1, 0.15) is 29.0 Å². The lowest BCUT2D eigenvalue weighted by Gasteiger charge is -2.36. The van der Waals surface area contributed by atoms with Crippen LogP contribution in [0.5, 0.6) is 5.75 Å². The van der Waals surface area contributed by atoms with Gasteiger partial charge in [0, 0.05) is 47.9 Å². The molecule has 3 nitrogen and oxygen atoms in total. The Morgan fingerprint density at radius 2 is 1.59 bits per heavy atom. The third-order valence-corrected chi connectivity index (χ3v) is 6.53. The van der Waals surface area contributed by atoms with Crippen molar-refractivity contribution < 1.29 is 18.3 Å². The molecule has 1 atom stereocenters. The van der Waals surface area contributed by atoms with Crippen LogP contribution in [0, 0.1) is 17.6 Å². The van der Waals surface area contributed by atoms with E-state index in [-0.39, 0.29) is 29.3 Å². The number of ether oxygens (including phenoxy) is 1. The summed E-state index contributed by atoms with van der Waals surface area (Å²) in [6, 6.07) is 18.4. The van der Waals surface area contributed by atoms with Crippen LogP contribution in [0.2, 0.25) is 0 Å². The zero-order chi connectivity index (χ0) is 22.7. The average molecular weight is 500 g/mol. The lowest BCUT2D eigenvalue weighted by molar-refractivity contribution is -0.126. The van der Waals surface area contributed by atoms with E-state index in [2.05, 4.69) is 20.8 Å². The molecule has 4 rings (SSSR count). The van der Waals surface area contributed by atoms with Crippen LogP contribution < -0.4 is 4.74 Å². The molecule has 32 heavy (non-hydrogen) atoms. The second-order valence-electron chi connectivity index (χ2n) is 8.09. The normalized spacial score (nSPS) is 17.0. The van der Waals surface area contributed by atoms with Crippen LogP contribution in [0.25, 0.3) is 0 Å². The molecule has 0 radical (unpaired) electrons. The fourth-order valence-electron chi connectivity index (χ4n) is 4.47. The summed E-state index contributed by atoms with van der Waals surface area (Å²) in [6.45, 7) is 1.85. The van der Waals surface area contributed by atoms with Gasteiger partial charge >= 0.3 is 0 Å². The first-order chi connectivity index (χ1) is 15.4. The van der Waals surface area contributed by atoms with Crippen LogP contribution in [0.15, 0.2) is 71.2 Å². The summed E-state index contributed by atoms with van der Waals surface area (Å²) in [5.41, 5.74) is 2.73. The van der Waals surface area contributed by atoms with Gasteiger partial charge in [-0.1, -0.05) is 40.2 Å². The smallest absolute Gasteiger partial charge is 0.139 e. The minimum absolute atomic E-state index is 0.168. The van der Waals surface area contributed by atoms with Crippen molar-refractivity contribution in [3.05, 3.63) is 99.5 Å². The summed E-state index contributed by atoms with van der Waals surface area (Å²) >= 11 is 3.52. The Morgan fingerprint density at radius 1 is 1.00 bits per heavy atom. The number of piperidine rings is 1. The molecule has 0 aliphatic carbocycles. The number of hydrogen-bond acceptors (Lipinski definition) is 3. The van der Waals surface area contributed by atoms with Crippen molar-refractivity contribution in [1.82, 2.24) is 4.90 Å². The number of carbonyl (C=O) groups is 1. The van der Waals surface area contributed by atoms with E-state index >= 15 is 0 Å². The molecule has 0 bridgehead atoms. The number of rotatable bonds is 6. The molecular weight excluding hydrogens is 476 g/mol. The zero-order valence-corrected chi connectivity index (χ0v) is 19.3. The van der Waals surface area contributed by atoms with E-state index in [0.29, 0.717) is 26.1 Å². The van der Waals surface area contributed by atoms with Gasteiger partial charge in [0.1, 0.15) is 23.2 Å². The van der Waals surface area contributed by atoms with Crippen molar-refractivity contribution in [2.75, 3.05) is 20.2 Å². The molecule has 166 valence electrons. The second-order valence-corrected chi connectivity index (χ2v) is 9.01. The van der Waals surface area contributed by atoms with Crippen molar-refractivity contribution in [2.45, 2.75) is 18.9 Å². The van der Waals surface area contributed by atoms with E-state index < -0.39 is 0 Å². The number of halogens is 3. The number of carbonyl (C=O) groups excluding carboxylic acids is 1. The van der Waals surface area contributed by atoms with Crippen LogP contribution >= 0.6 is 15.9 Å². The van der Waals surface area contributed by atoms with E-state index in [1.165, 1.54) is 24.3 Å². The quantitative estimate of drug-likeness (QED) is 0.419. The number of ketones is 1. The number of methoxy groups -OCH3 is 1. The molecule has 3 aromatic carbocycles. The van der Waals surface area contributed by atoms with E-state index in [1.54, 1.807) is 31.4 Å². The van der Waals surface area contributed by atoms with Crippen molar-refractivity contribution in [1.29, 1.82) is 0 Å². The SMILES string of the molecule is COc1ccc(Br)cc1CN1CCC(=O)C(C(c2ccc(F)cc2)c2ccc(F)cc2)C1. The summed E-state index contributed by atoms with van der Waals surface area (Å²) in [5.74, 6) is -0.292. The van der Waals surface area contributed by atoms with Crippen LogP contribution in [0.3, 0.4) is 0 Å². The van der Waals surface area contributed by atoms with E-state index in [4.69, 9.17) is 4.74 Å². The van der Waals surface area contributed by atoms with Gasteiger partial charge in [0.15, 0.2) is 0 Å². The van der Waals surface area contributed by atoms with E-state index in [9.17, 15) is 13.6 Å². The zero-order valence-electron chi connectivity index (χ0n) is 17.7. The topological polar surface area (TPSA) is 29.5 Å². The van der Waals surface area contributed by atoms with Gasteiger partial charge in [-0.2, -0.15) is 0 Å². The van der Waals surface area contributed by atoms with Crippen molar-refractivity contribution in [2.24, 2.45) is 5.92 Å². The first-order valence-electron chi connectivity index (χ1n) is 10.5. The third kappa shape index (κ3) is 5.08. The highest BCUT2D eigenvalue weighted by Crippen LogP contribution is 2.37. The molecule has 1 aliphatic heterocycles. The summed E-state index contributed by atoms with van der Waals surface area (Å²) < 4.78 is 33.7. The Balaban J connectivity index is 1.65. The van der Waals surface area contributed by atoms with Gasteiger partial charge in [-0.25, -0.2) is 8.78 Å². The van der Waals surface area contributed by atoms with Crippen molar-refractivity contribution >= 4 is 21.7 Å². The van der Waals surface area contributed by atoms with Gasteiger partial charge in [-0.05, 0) is 53.6 Å². The standard InChI is InChI=1S/C26H24BrF2NO2/c1-32-25-11-6-20(27)14-19(25)15-30-13-12-24(31)23(16-30)26(17-2-7-21(28)8-3-17)18-4-9-22(29)10-5-18/h2-11,14,23,26H,12-13,15-16H2,1H3. The molecule has 1 heterocycles. The predicted octanol–water partition coefficient (Wildman–Crippen LogP) is 5.96. The molecule has 0 aromatic heterocycles. The minimum Gasteiger partial charge on any atom is -0.496 e. The summed E-state index contributed by atoms with van der Waals surface area (Å²) in [5, 5.41) is 0. The van der Waals surface area contributed by atoms with Gasteiger partial charge in [0.05, 0.1) is 7.11 Å². The minimum atomic E-state index is -0.329. The molecule has 6 heteroatoms. The Labute approximate surface area is 195 Å². The maximum absolute atomic E-state index is 13.6. The fourth-order valence-corrected chi connectivity index (χ4v) is 4.88. The molecule has 0 spiro atoms. The van der Waals surface area contributed by atoms with Gasteiger partial charge in [0.25, 0.3) is 0 Å². The monoisotopic (exact) mass is 499 g/mol. The number of nitrogens with zero attached hydrogens (tertiary/aromatic N) is 1. The summed E-state index contributed by atoms with van der Waals surface area (Å²) in [7, 11) is 1.65. The van der Waals surface area contributed by atoms with Gasteiger partial charge in [-0.3, -0.25) is 9.69 Å². The molecule has 1 saturated heterocycles. The molecular formula is C26H24BrF2NO2. The molecule has 0 N–H and O–H groups in total. The largest absolute Gasteiger partial charge is 0.496 e. The number of hydrogen-bond donors (Lipinski definition) is 0. The van der Waals surface area contributed by atoms with Crippen LogP contribution in [-0.4, -0.2) is 30.9 Å². The lowest BCUT2D eigenvalue weighted by Crippen LogP contribution is -2.43. The number of benzene rings is 3. The second kappa shape index (κ2) is 9.92. The number of likely N-dealkylation sites (tertiary alicyclic amines) is 1. The highest BCUT2D eigenvalue weighted by Gasteiger charge is 2.35. The Morgan fingerprint density at radius 3 is 2.16 bits per heavy atom. The van der Waals surface area contributed by atoms with Gasteiger partial charge in [0.2, 0.25) is 0 Å². The fraction of sp³-hybridized carbons (Fsp3) is 0.269. The average Bonchev–Trinajstić information content (AvgIpc) is 2.79. The molecule has 3 aromatic rings. The first-order valence-corrected chi connectivity index (χ1v) is 11.3. The van der Waals surface area contributed by atoms with E-state index in [0.717, 1.165) is 26.9 Å².